The highest BCUT2D eigenvalue weighted by Crippen LogP contribution is 2.53. The fraction of sp³-hybridized carbons (Fsp3) is 0.667. The summed E-state index contributed by atoms with van der Waals surface area (Å²) in [5, 5.41) is 0. The molecular formula is C12H11F9O4S. The monoisotopic (exact) mass is 422 g/mol. The van der Waals surface area contributed by atoms with Crippen LogP contribution in [0.25, 0.3) is 0 Å². The maximum Gasteiger partial charge on any atom is 0.460 e. The van der Waals surface area contributed by atoms with E-state index in [0.29, 0.717) is 0 Å². The van der Waals surface area contributed by atoms with Gasteiger partial charge < -0.3 is 4.18 Å². The summed E-state index contributed by atoms with van der Waals surface area (Å²) in [5.74, 6) is -15.2. The molecule has 0 fully saturated rings. The average Bonchev–Trinajstić information content (AvgIpc) is 2.38. The SMILES string of the molecule is CC1(C)C=CC(OS(=O)(=O)OC(F)(F)C(F)(F)C(F)(F)C(F)(F)F)=CC1. The van der Waals surface area contributed by atoms with Crippen molar-refractivity contribution in [2.75, 3.05) is 0 Å². The highest BCUT2D eigenvalue weighted by molar-refractivity contribution is 7.82. The number of rotatable bonds is 6. The molecule has 0 aromatic carbocycles. The molecule has 0 saturated heterocycles. The van der Waals surface area contributed by atoms with Crippen LogP contribution in [0.3, 0.4) is 0 Å². The summed E-state index contributed by atoms with van der Waals surface area (Å²) >= 11 is 0. The van der Waals surface area contributed by atoms with E-state index in [0.717, 1.165) is 12.2 Å². The molecule has 1 aliphatic rings. The average molecular weight is 422 g/mol. The van der Waals surface area contributed by atoms with Crippen LogP contribution >= 0.6 is 0 Å². The first kappa shape index (κ1) is 22.6. The Balaban J connectivity index is 3.04. The van der Waals surface area contributed by atoms with Crippen LogP contribution in [0.4, 0.5) is 39.5 Å². The minimum Gasteiger partial charge on any atom is -0.362 e. The molecule has 0 heterocycles. The van der Waals surface area contributed by atoms with Gasteiger partial charge in [-0.05, 0) is 24.0 Å². The largest absolute Gasteiger partial charge is 0.460 e. The Morgan fingerprint density at radius 1 is 0.962 bits per heavy atom. The predicted octanol–water partition coefficient (Wildman–Crippen LogP) is 4.56. The lowest BCUT2D eigenvalue weighted by Crippen LogP contribution is -2.62. The van der Waals surface area contributed by atoms with Gasteiger partial charge in [0.25, 0.3) is 0 Å². The second-order valence-electron chi connectivity index (χ2n) is 5.87. The number of halogens is 9. The highest BCUT2D eigenvalue weighted by Gasteiger charge is 2.83. The third kappa shape index (κ3) is 4.45. The molecule has 0 N–H and O–H groups in total. The Morgan fingerprint density at radius 2 is 1.46 bits per heavy atom. The summed E-state index contributed by atoms with van der Waals surface area (Å²) in [7, 11) is -6.12. The van der Waals surface area contributed by atoms with Crippen molar-refractivity contribution in [3.63, 3.8) is 0 Å². The van der Waals surface area contributed by atoms with E-state index in [1.54, 1.807) is 13.8 Å². The Hall–Kier alpha value is -1.44. The molecule has 1 aliphatic carbocycles. The maximum absolute atomic E-state index is 13.2. The molecule has 0 bridgehead atoms. The predicted molar refractivity (Wildman–Crippen MR) is 67.6 cm³/mol. The molecule has 0 amide bonds. The van der Waals surface area contributed by atoms with E-state index < -0.39 is 45.7 Å². The van der Waals surface area contributed by atoms with Crippen LogP contribution in [-0.2, 0) is 18.8 Å². The number of allylic oxidation sites excluding steroid dienone is 3. The van der Waals surface area contributed by atoms with Gasteiger partial charge in [-0.3, -0.25) is 0 Å². The lowest BCUT2D eigenvalue weighted by molar-refractivity contribution is -0.428. The number of alkyl halides is 9. The summed E-state index contributed by atoms with van der Waals surface area (Å²) in [4.78, 5) is 0. The fourth-order valence-corrected chi connectivity index (χ4v) is 2.30. The number of hydrogen-bond donors (Lipinski definition) is 0. The van der Waals surface area contributed by atoms with Crippen molar-refractivity contribution in [3.05, 3.63) is 24.0 Å². The second kappa shape index (κ2) is 6.32. The van der Waals surface area contributed by atoms with Crippen molar-refractivity contribution in [2.45, 2.75) is 44.4 Å². The Kier molecular flexibility index (Phi) is 5.49. The molecule has 26 heavy (non-hydrogen) atoms. The van der Waals surface area contributed by atoms with Gasteiger partial charge in [-0.2, -0.15) is 52.1 Å². The zero-order valence-corrected chi connectivity index (χ0v) is 13.7. The van der Waals surface area contributed by atoms with Crippen molar-refractivity contribution < 1.29 is 56.3 Å². The van der Waals surface area contributed by atoms with Crippen LogP contribution in [0, 0.1) is 5.41 Å². The van der Waals surface area contributed by atoms with Gasteiger partial charge in [-0.25, -0.2) is 0 Å². The van der Waals surface area contributed by atoms with E-state index in [1.165, 1.54) is 6.08 Å². The van der Waals surface area contributed by atoms with Crippen molar-refractivity contribution in [1.82, 2.24) is 0 Å². The van der Waals surface area contributed by atoms with Gasteiger partial charge >= 0.3 is 34.5 Å². The first-order chi connectivity index (χ1) is 11.2. The zero-order chi connectivity index (χ0) is 20.8. The highest BCUT2D eigenvalue weighted by atomic mass is 32.3. The third-order valence-electron chi connectivity index (χ3n) is 3.05. The minimum absolute atomic E-state index is 0.118. The lowest BCUT2D eigenvalue weighted by atomic mass is 9.86. The quantitative estimate of drug-likeness (QED) is 0.589. The van der Waals surface area contributed by atoms with E-state index in [1.807, 2.05) is 0 Å². The van der Waals surface area contributed by atoms with E-state index in [4.69, 9.17) is 0 Å². The molecule has 152 valence electrons. The molecule has 4 nitrogen and oxygen atoms in total. The van der Waals surface area contributed by atoms with E-state index in [9.17, 15) is 47.9 Å². The van der Waals surface area contributed by atoms with Gasteiger partial charge in [-0.15, -0.1) is 0 Å². The van der Waals surface area contributed by atoms with Gasteiger partial charge in [0.15, 0.2) is 0 Å². The molecule has 1 rings (SSSR count). The Labute approximate surface area is 141 Å². The molecule has 0 unspecified atom stereocenters. The minimum atomic E-state index is -7.28. The molecule has 0 aromatic rings. The first-order valence-electron chi connectivity index (χ1n) is 6.49. The third-order valence-corrected chi connectivity index (χ3v) is 3.86. The molecule has 14 heteroatoms. The van der Waals surface area contributed by atoms with Gasteiger partial charge in [0.1, 0.15) is 5.76 Å². The lowest BCUT2D eigenvalue weighted by Gasteiger charge is -2.32. The molecule has 0 atom stereocenters. The maximum atomic E-state index is 13.2. The van der Waals surface area contributed by atoms with Crippen LogP contribution in [0.2, 0.25) is 0 Å². The van der Waals surface area contributed by atoms with Crippen LogP contribution in [0.1, 0.15) is 20.3 Å². The van der Waals surface area contributed by atoms with Crippen molar-refractivity contribution in [1.29, 1.82) is 0 Å². The standard InChI is InChI=1S/C12H11F9O4S/c1-8(2)5-3-7(4-6-8)24-26(22,23)25-12(20,21)10(15,16)9(13,14)11(17,18)19/h3-5H,6H2,1-2H3. The van der Waals surface area contributed by atoms with E-state index in [-0.39, 0.29) is 6.42 Å². The smallest absolute Gasteiger partial charge is 0.362 e. The Bertz CT molecular complexity index is 705. The molecule has 0 aromatic heterocycles. The second-order valence-corrected chi connectivity index (χ2v) is 7.02. The van der Waals surface area contributed by atoms with Crippen molar-refractivity contribution in [2.24, 2.45) is 5.41 Å². The molecule has 0 spiro atoms. The molecule has 0 saturated carbocycles. The van der Waals surface area contributed by atoms with Crippen molar-refractivity contribution >= 4 is 10.4 Å². The summed E-state index contributed by atoms with van der Waals surface area (Å²) in [5.41, 5.74) is -0.483. The summed E-state index contributed by atoms with van der Waals surface area (Å²) in [6.45, 7) is 3.35. The first-order valence-corrected chi connectivity index (χ1v) is 7.82. The van der Waals surface area contributed by atoms with Gasteiger partial charge in [0.05, 0.1) is 0 Å². The fourth-order valence-electron chi connectivity index (χ4n) is 1.55. The summed E-state index contributed by atoms with van der Waals surface area (Å²) in [6.07, 6.45) is -10.4. The van der Waals surface area contributed by atoms with Crippen molar-refractivity contribution in [3.8, 4) is 0 Å². The van der Waals surface area contributed by atoms with Gasteiger partial charge in [-0.1, -0.05) is 19.9 Å². The van der Waals surface area contributed by atoms with Crippen LogP contribution in [0.5, 0.6) is 0 Å². The molecule has 0 aliphatic heterocycles. The summed E-state index contributed by atoms with van der Waals surface area (Å²) < 4.78 is 142. The topological polar surface area (TPSA) is 52.6 Å². The van der Waals surface area contributed by atoms with Gasteiger partial charge in [0, 0.05) is 0 Å². The van der Waals surface area contributed by atoms with Crippen LogP contribution < -0.4 is 0 Å². The normalized spacial score (nSPS) is 19.3. The molecule has 0 radical (unpaired) electrons. The summed E-state index contributed by atoms with van der Waals surface area (Å²) in [6, 6.07) is 0. The zero-order valence-electron chi connectivity index (χ0n) is 12.9. The van der Waals surface area contributed by atoms with E-state index >= 15 is 0 Å². The molecular weight excluding hydrogens is 411 g/mol. The van der Waals surface area contributed by atoms with E-state index in [2.05, 4.69) is 8.37 Å². The number of hydrogen-bond acceptors (Lipinski definition) is 4. The van der Waals surface area contributed by atoms with Gasteiger partial charge in [0.2, 0.25) is 0 Å². The Morgan fingerprint density at radius 3 is 1.85 bits per heavy atom. The van der Waals surface area contributed by atoms with Crippen LogP contribution in [-0.4, -0.2) is 32.5 Å². The van der Waals surface area contributed by atoms with Crippen LogP contribution in [0.15, 0.2) is 24.0 Å².